The van der Waals surface area contributed by atoms with Gasteiger partial charge in [-0.2, -0.15) is 5.10 Å². The first-order valence-corrected chi connectivity index (χ1v) is 8.19. The Morgan fingerprint density at radius 1 is 1.38 bits per heavy atom. The summed E-state index contributed by atoms with van der Waals surface area (Å²) in [7, 11) is 0. The normalized spacial score (nSPS) is 17.8. The number of amides is 1. The van der Waals surface area contributed by atoms with Gasteiger partial charge < -0.3 is 10.4 Å². The van der Waals surface area contributed by atoms with Gasteiger partial charge in [-0.25, -0.2) is 0 Å². The fourth-order valence-electron chi connectivity index (χ4n) is 3.03. The molecule has 24 heavy (non-hydrogen) atoms. The third-order valence-electron chi connectivity index (χ3n) is 4.29. The molecule has 0 aliphatic carbocycles. The molecule has 2 heterocycles. The maximum Gasteiger partial charge on any atom is 0.305 e. The van der Waals surface area contributed by atoms with E-state index in [1.54, 1.807) is 30.5 Å². The van der Waals surface area contributed by atoms with Crippen molar-refractivity contribution in [2.45, 2.75) is 31.8 Å². The number of nitrogens with zero attached hydrogens (tertiary/aromatic N) is 2. The Hall–Kier alpha value is -2.34. The van der Waals surface area contributed by atoms with Gasteiger partial charge in [0.05, 0.1) is 24.9 Å². The van der Waals surface area contributed by atoms with Gasteiger partial charge in [-0.3, -0.25) is 14.3 Å². The van der Waals surface area contributed by atoms with E-state index in [4.69, 9.17) is 16.7 Å². The molecule has 0 radical (unpaired) electrons. The zero-order valence-corrected chi connectivity index (χ0v) is 13.7. The topological polar surface area (TPSA) is 84.2 Å². The second kappa shape index (κ2) is 7.05. The molecule has 0 saturated heterocycles. The summed E-state index contributed by atoms with van der Waals surface area (Å²) < 4.78 is 1.83. The Morgan fingerprint density at radius 2 is 2.17 bits per heavy atom. The van der Waals surface area contributed by atoms with Gasteiger partial charge in [0.2, 0.25) is 5.91 Å². The lowest BCUT2D eigenvalue weighted by Gasteiger charge is -2.26. The lowest BCUT2D eigenvalue weighted by Crippen LogP contribution is -2.39. The second-order valence-corrected chi connectivity index (χ2v) is 6.33. The first-order valence-electron chi connectivity index (χ1n) is 7.82. The summed E-state index contributed by atoms with van der Waals surface area (Å²) in [6.45, 7) is 0.510. The van der Waals surface area contributed by atoms with Crippen LogP contribution in [0.3, 0.4) is 0 Å². The molecule has 1 unspecified atom stereocenters. The number of aromatic nitrogens is 2. The minimum absolute atomic E-state index is 0.165. The van der Waals surface area contributed by atoms with E-state index < -0.39 is 12.0 Å². The highest BCUT2D eigenvalue weighted by atomic mass is 35.5. The van der Waals surface area contributed by atoms with Crippen LogP contribution in [0, 0.1) is 5.92 Å². The Labute approximate surface area is 144 Å². The largest absolute Gasteiger partial charge is 0.481 e. The monoisotopic (exact) mass is 347 g/mol. The molecule has 1 aliphatic heterocycles. The smallest absolute Gasteiger partial charge is 0.305 e. The summed E-state index contributed by atoms with van der Waals surface area (Å²) in [6.07, 6.45) is 3.02. The lowest BCUT2D eigenvalue weighted by atomic mass is 9.96. The molecule has 1 amide bonds. The molecule has 2 aromatic rings. The van der Waals surface area contributed by atoms with Crippen molar-refractivity contribution in [2.24, 2.45) is 5.92 Å². The molecule has 1 aliphatic rings. The van der Waals surface area contributed by atoms with Crippen molar-refractivity contribution in [1.82, 2.24) is 15.1 Å². The van der Waals surface area contributed by atoms with Crippen LogP contribution in [-0.4, -0.2) is 26.8 Å². The average molecular weight is 348 g/mol. The van der Waals surface area contributed by atoms with Crippen LogP contribution >= 0.6 is 11.6 Å². The van der Waals surface area contributed by atoms with Crippen LogP contribution < -0.4 is 5.32 Å². The zero-order chi connectivity index (χ0) is 17.1. The third kappa shape index (κ3) is 3.59. The van der Waals surface area contributed by atoms with Crippen LogP contribution in [0.1, 0.15) is 30.1 Å². The van der Waals surface area contributed by atoms with Crippen LogP contribution in [-0.2, 0) is 22.6 Å². The lowest BCUT2D eigenvalue weighted by molar-refractivity contribution is -0.138. The van der Waals surface area contributed by atoms with E-state index in [9.17, 15) is 9.59 Å². The average Bonchev–Trinajstić information content (AvgIpc) is 3.01. The predicted octanol–water partition coefficient (Wildman–Crippen LogP) is 2.43. The standard InChI is InChI=1S/C17H18ClN3O3/c18-14-4-2-1-3-13(14)15(9-16(22)23)20-17(24)11-5-6-12-7-8-19-21(12)10-11/h1-4,7-8,11,15H,5-6,9-10H2,(H,20,24)(H,22,23)/t11?,15-/m1/s1. The van der Waals surface area contributed by atoms with Crippen LogP contribution in [0.5, 0.6) is 0 Å². The van der Waals surface area contributed by atoms with Crippen molar-refractivity contribution < 1.29 is 14.7 Å². The minimum atomic E-state index is -0.988. The zero-order valence-electron chi connectivity index (χ0n) is 13.0. The van der Waals surface area contributed by atoms with E-state index in [0.717, 1.165) is 18.5 Å². The van der Waals surface area contributed by atoms with Crippen molar-refractivity contribution in [3.05, 3.63) is 52.8 Å². The van der Waals surface area contributed by atoms with E-state index in [-0.39, 0.29) is 18.2 Å². The van der Waals surface area contributed by atoms with Gasteiger partial charge in [0, 0.05) is 16.9 Å². The summed E-state index contributed by atoms with van der Waals surface area (Å²) in [5.41, 5.74) is 1.73. The van der Waals surface area contributed by atoms with E-state index in [1.807, 2.05) is 10.7 Å². The summed E-state index contributed by atoms with van der Waals surface area (Å²) in [5.74, 6) is -1.38. The fraction of sp³-hybridized carbons (Fsp3) is 0.353. The Bertz CT molecular complexity index is 759. The number of aliphatic carboxylic acids is 1. The number of hydrogen-bond donors (Lipinski definition) is 2. The van der Waals surface area contributed by atoms with Gasteiger partial charge in [-0.1, -0.05) is 29.8 Å². The number of nitrogens with one attached hydrogen (secondary N) is 1. The van der Waals surface area contributed by atoms with Crippen molar-refractivity contribution in [1.29, 1.82) is 0 Å². The molecule has 1 aromatic carbocycles. The van der Waals surface area contributed by atoms with Crippen LogP contribution in [0.25, 0.3) is 0 Å². The molecule has 0 spiro atoms. The molecular weight excluding hydrogens is 330 g/mol. The molecular formula is C17H18ClN3O3. The van der Waals surface area contributed by atoms with Gasteiger partial charge >= 0.3 is 5.97 Å². The Morgan fingerprint density at radius 3 is 2.92 bits per heavy atom. The summed E-state index contributed by atoms with van der Waals surface area (Å²) in [5, 5.41) is 16.7. The first-order chi connectivity index (χ1) is 11.5. The molecule has 3 rings (SSSR count). The van der Waals surface area contributed by atoms with Crippen molar-refractivity contribution in [3.63, 3.8) is 0 Å². The number of carbonyl (C=O) groups excluding carboxylic acids is 1. The van der Waals surface area contributed by atoms with Crippen LogP contribution in [0.15, 0.2) is 36.5 Å². The predicted molar refractivity (Wildman–Crippen MR) is 88.6 cm³/mol. The highest BCUT2D eigenvalue weighted by molar-refractivity contribution is 6.31. The molecule has 6 nitrogen and oxygen atoms in total. The summed E-state index contributed by atoms with van der Waals surface area (Å²) >= 11 is 6.17. The van der Waals surface area contributed by atoms with Gasteiger partial charge in [0.1, 0.15) is 0 Å². The summed E-state index contributed by atoms with van der Waals surface area (Å²) in [4.78, 5) is 23.8. The number of fused-ring (bicyclic) bond motifs is 1. The van der Waals surface area contributed by atoms with Gasteiger partial charge in [-0.05, 0) is 30.5 Å². The van der Waals surface area contributed by atoms with E-state index >= 15 is 0 Å². The molecule has 0 fully saturated rings. The number of hydrogen-bond acceptors (Lipinski definition) is 3. The number of carbonyl (C=O) groups is 2. The molecule has 7 heteroatoms. The number of aryl methyl sites for hydroxylation is 1. The quantitative estimate of drug-likeness (QED) is 0.870. The van der Waals surface area contributed by atoms with Crippen molar-refractivity contribution in [3.8, 4) is 0 Å². The van der Waals surface area contributed by atoms with Gasteiger partial charge in [0.25, 0.3) is 0 Å². The minimum Gasteiger partial charge on any atom is -0.481 e. The van der Waals surface area contributed by atoms with Crippen molar-refractivity contribution in [2.75, 3.05) is 0 Å². The molecule has 126 valence electrons. The number of halogens is 1. The first kappa shape index (κ1) is 16.5. The van der Waals surface area contributed by atoms with Gasteiger partial charge in [-0.15, -0.1) is 0 Å². The molecule has 2 atom stereocenters. The van der Waals surface area contributed by atoms with Crippen molar-refractivity contribution >= 4 is 23.5 Å². The fourth-order valence-corrected chi connectivity index (χ4v) is 3.30. The van der Waals surface area contributed by atoms with Gasteiger partial charge in [0.15, 0.2) is 0 Å². The maximum absolute atomic E-state index is 12.6. The number of benzene rings is 1. The Kier molecular flexibility index (Phi) is 4.85. The highest BCUT2D eigenvalue weighted by Gasteiger charge is 2.28. The number of carboxylic acids is 1. The number of carboxylic acid groups (broad SMARTS) is 1. The molecule has 2 N–H and O–H groups in total. The second-order valence-electron chi connectivity index (χ2n) is 5.92. The molecule has 1 aromatic heterocycles. The van der Waals surface area contributed by atoms with E-state index in [1.165, 1.54) is 0 Å². The Balaban J connectivity index is 1.74. The number of rotatable bonds is 5. The molecule has 0 saturated carbocycles. The SMILES string of the molecule is O=C(O)C[C@@H](NC(=O)C1CCc2ccnn2C1)c1ccccc1Cl. The maximum atomic E-state index is 12.6. The van der Waals surface area contributed by atoms with Crippen LogP contribution in [0.2, 0.25) is 5.02 Å². The van der Waals surface area contributed by atoms with E-state index in [2.05, 4.69) is 10.4 Å². The summed E-state index contributed by atoms with van der Waals surface area (Å²) in [6, 6.07) is 8.27. The van der Waals surface area contributed by atoms with E-state index in [0.29, 0.717) is 17.1 Å². The third-order valence-corrected chi connectivity index (χ3v) is 4.64. The van der Waals surface area contributed by atoms with Crippen LogP contribution in [0.4, 0.5) is 0 Å². The molecule has 0 bridgehead atoms. The highest BCUT2D eigenvalue weighted by Crippen LogP contribution is 2.26.